The summed E-state index contributed by atoms with van der Waals surface area (Å²) in [6.45, 7) is 10.8. The molecule has 6 heteroatoms. The Balaban J connectivity index is 2.50. The summed E-state index contributed by atoms with van der Waals surface area (Å²) in [5, 5.41) is 2.83. The Morgan fingerprint density at radius 2 is 1.76 bits per heavy atom. The Morgan fingerprint density at radius 3 is 2.28 bits per heavy atom. The van der Waals surface area contributed by atoms with Gasteiger partial charge in [-0.3, -0.25) is 9.59 Å². The van der Waals surface area contributed by atoms with Gasteiger partial charge < -0.3 is 15.0 Å². The number of Topliss-reactive ketones (excluding diaryl/α,β-unsaturated/α-hetero) is 1. The number of aromatic nitrogens is 1. The molecule has 1 unspecified atom stereocenters. The van der Waals surface area contributed by atoms with Gasteiger partial charge in [-0.05, 0) is 45.6 Å². The molecule has 0 fully saturated rings. The number of amides is 1. The number of rotatable bonds is 9. The molecule has 0 spiro atoms. The topological polar surface area (TPSA) is 88.3 Å². The zero-order valence-electron chi connectivity index (χ0n) is 16.1. The molecule has 0 aliphatic rings. The van der Waals surface area contributed by atoms with Crippen molar-refractivity contribution in [2.45, 2.75) is 66.8 Å². The van der Waals surface area contributed by atoms with E-state index < -0.39 is 5.97 Å². The number of H-pyrrole nitrogens is 1. The van der Waals surface area contributed by atoms with Gasteiger partial charge in [0.15, 0.2) is 12.4 Å². The normalized spacial score (nSPS) is 12.1. The Morgan fingerprint density at radius 1 is 1.12 bits per heavy atom. The van der Waals surface area contributed by atoms with Crippen LogP contribution in [0, 0.1) is 19.8 Å². The Bertz CT molecular complexity index is 632. The molecule has 1 atom stereocenters. The lowest BCUT2D eigenvalue weighted by Crippen LogP contribution is -2.35. The standard InChI is InChI=1S/C19H30N2O4/c1-11(2)8-7-9-12(3)20-16(23)10-25-19(24)18-13(4)17(15(6)22)14(5)21-18/h11-12,21H,7-10H2,1-6H3,(H,20,23). The van der Waals surface area contributed by atoms with Crippen molar-refractivity contribution in [3.05, 3.63) is 22.5 Å². The lowest BCUT2D eigenvalue weighted by atomic mass is 10.0. The van der Waals surface area contributed by atoms with Crippen molar-refractivity contribution in [3.63, 3.8) is 0 Å². The van der Waals surface area contributed by atoms with Gasteiger partial charge in [-0.2, -0.15) is 0 Å². The van der Waals surface area contributed by atoms with Gasteiger partial charge in [0, 0.05) is 17.3 Å². The number of ether oxygens (including phenoxy) is 1. The van der Waals surface area contributed by atoms with Crippen LogP contribution in [0.25, 0.3) is 0 Å². The second-order valence-electron chi connectivity index (χ2n) is 7.05. The maximum atomic E-state index is 12.1. The number of ketones is 1. The van der Waals surface area contributed by atoms with Gasteiger partial charge in [0.2, 0.25) is 0 Å². The number of hydrogen-bond donors (Lipinski definition) is 2. The zero-order valence-corrected chi connectivity index (χ0v) is 16.1. The van der Waals surface area contributed by atoms with E-state index in [0.717, 1.165) is 19.3 Å². The molecule has 0 aliphatic carbocycles. The molecule has 0 aromatic carbocycles. The van der Waals surface area contributed by atoms with Crippen molar-refractivity contribution >= 4 is 17.7 Å². The van der Waals surface area contributed by atoms with Crippen LogP contribution >= 0.6 is 0 Å². The van der Waals surface area contributed by atoms with E-state index in [9.17, 15) is 14.4 Å². The van der Waals surface area contributed by atoms with Crippen molar-refractivity contribution in [3.8, 4) is 0 Å². The van der Waals surface area contributed by atoms with Gasteiger partial charge in [-0.15, -0.1) is 0 Å². The van der Waals surface area contributed by atoms with Crippen LogP contribution in [-0.2, 0) is 9.53 Å². The maximum Gasteiger partial charge on any atom is 0.355 e. The van der Waals surface area contributed by atoms with Crippen molar-refractivity contribution < 1.29 is 19.1 Å². The fourth-order valence-electron chi connectivity index (χ4n) is 2.91. The Labute approximate surface area is 149 Å². The van der Waals surface area contributed by atoms with Crippen LogP contribution in [0.1, 0.15) is 79.1 Å². The molecule has 0 bridgehead atoms. The van der Waals surface area contributed by atoms with Crippen LogP contribution in [0.5, 0.6) is 0 Å². The highest BCUT2D eigenvalue weighted by Gasteiger charge is 2.21. The lowest BCUT2D eigenvalue weighted by molar-refractivity contribution is -0.124. The minimum Gasteiger partial charge on any atom is -0.451 e. The van der Waals surface area contributed by atoms with Gasteiger partial charge >= 0.3 is 5.97 Å². The highest BCUT2D eigenvalue weighted by molar-refractivity contribution is 6.01. The van der Waals surface area contributed by atoms with E-state index in [0.29, 0.717) is 22.7 Å². The molecule has 25 heavy (non-hydrogen) atoms. The third-order valence-corrected chi connectivity index (χ3v) is 4.15. The average molecular weight is 350 g/mol. The number of carbonyl (C=O) groups is 3. The van der Waals surface area contributed by atoms with Crippen LogP contribution < -0.4 is 5.32 Å². The highest BCUT2D eigenvalue weighted by atomic mass is 16.5. The van der Waals surface area contributed by atoms with Gasteiger partial charge in [0.1, 0.15) is 5.69 Å². The summed E-state index contributed by atoms with van der Waals surface area (Å²) in [4.78, 5) is 38.5. The van der Waals surface area contributed by atoms with Crippen LogP contribution in [0.3, 0.4) is 0 Å². The monoisotopic (exact) mass is 350 g/mol. The summed E-state index contributed by atoms with van der Waals surface area (Å²) in [6, 6.07) is 0.0451. The van der Waals surface area contributed by atoms with E-state index >= 15 is 0 Å². The largest absolute Gasteiger partial charge is 0.451 e. The Kier molecular flexibility index (Phi) is 7.87. The van der Waals surface area contributed by atoms with Crippen molar-refractivity contribution in [1.82, 2.24) is 10.3 Å². The van der Waals surface area contributed by atoms with Crippen LogP contribution in [0.2, 0.25) is 0 Å². The fourth-order valence-corrected chi connectivity index (χ4v) is 2.91. The smallest absolute Gasteiger partial charge is 0.355 e. The lowest BCUT2D eigenvalue weighted by Gasteiger charge is -2.14. The summed E-state index contributed by atoms with van der Waals surface area (Å²) >= 11 is 0. The van der Waals surface area contributed by atoms with Gasteiger partial charge in [-0.25, -0.2) is 4.79 Å². The van der Waals surface area contributed by atoms with E-state index in [-0.39, 0.29) is 30.0 Å². The Hall–Kier alpha value is -2.11. The van der Waals surface area contributed by atoms with Gasteiger partial charge in [0.05, 0.1) is 0 Å². The van der Waals surface area contributed by atoms with E-state index in [1.54, 1.807) is 13.8 Å². The molecule has 1 rings (SSSR count). The number of carbonyl (C=O) groups excluding carboxylic acids is 3. The molecule has 0 saturated carbocycles. The third-order valence-electron chi connectivity index (χ3n) is 4.15. The first-order chi connectivity index (χ1) is 11.6. The van der Waals surface area contributed by atoms with Gasteiger partial charge in [0.25, 0.3) is 5.91 Å². The predicted octanol–water partition coefficient (Wildman–Crippen LogP) is 3.32. The molecular formula is C19H30N2O4. The average Bonchev–Trinajstić information content (AvgIpc) is 2.79. The first-order valence-corrected chi connectivity index (χ1v) is 8.80. The molecule has 140 valence electrons. The van der Waals surface area contributed by atoms with Crippen molar-refractivity contribution in [2.24, 2.45) is 5.92 Å². The molecule has 0 aliphatic heterocycles. The molecule has 1 amide bonds. The summed E-state index contributed by atoms with van der Waals surface area (Å²) in [5.74, 6) is -0.414. The second kappa shape index (κ2) is 9.39. The molecule has 0 radical (unpaired) electrons. The van der Waals surface area contributed by atoms with Crippen molar-refractivity contribution in [1.29, 1.82) is 0 Å². The SMILES string of the molecule is CC(=O)c1c(C)[nH]c(C(=O)OCC(=O)NC(C)CCCC(C)C)c1C. The second-order valence-corrected chi connectivity index (χ2v) is 7.05. The summed E-state index contributed by atoms with van der Waals surface area (Å²) in [5.41, 5.74) is 1.90. The number of hydrogen-bond acceptors (Lipinski definition) is 4. The number of esters is 1. The van der Waals surface area contributed by atoms with Crippen LogP contribution in [0.15, 0.2) is 0 Å². The molecule has 1 aromatic heterocycles. The van der Waals surface area contributed by atoms with Crippen LogP contribution in [-0.4, -0.2) is 35.3 Å². The van der Waals surface area contributed by atoms with Gasteiger partial charge in [-0.1, -0.05) is 26.7 Å². The molecule has 6 nitrogen and oxygen atoms in total. The van der Waals surface area contributed by atoms with E-state index in [2.05, 4.69) is 24.1 Å². The summed E-state index contributed by atoms with van der Waals surface area (Å²) in [6.07, 6.45) is 3.07. The van der Waals surface area contributed by atoms with E-state index in [1.807, 2.05) is 6.92 Å². The summed E-state index contributed by atoms with van der Waals surface area (Å²) < 4.78 is 5.07. The molecule has 1 aromatic rings. The van der Waals surface area contributed by atoms with E-state index in [4.69, 9.17) is 4.74 Å². The minimum absolute atomic E-state index is 0.0451. The third kappa shape index (κ3) is 6.36. The van der Waals surface area contributed by atoms with Crippen molar-refractivity contribution in [2.75, 3.05) is 6.61 Å². The molecular weight excluding hydrogens is 320 g/mol. The zero-order chi connectivity index (χ0) is 19.1. The predicted molar refractivity (Wildman–Crippen MR) is 96.8 cm³/mol. The first kappa shape index (κ1) is 20.9. The van der Waals surface area contributed by atoms with E-state index in [1.165, 1.54) is 6.92 Å². The minimum atomic E-state index is -0.629. The molecule has 2 N–H and O–H groups in total. The maximum absolute atomic E-state index is 12.1. The quantitative estimate of drug-likeness (QED) is 0.528. The van der Waals surface area contributed by atoms with Crippen LogP contribution in [0.4, 0.5) is 0 Å². The summed E-state index contributed by atoms with van der Waals surface area (Å²) in [7, 11) is 0. The fraction of sp³-hybridized carbons (Fsp3) is 0.632. The molecule has 1 heterocycles. The number of aryl methyl sites for hydroxylation is 1. The molecule has 0 saturated heterocycles. The number of aromatic amines is 1. The highest BCUT2D eigenvalue weighted by Crippen LogP contribution is 2.19. The first-order valence-electron chi connectivity index (χ1n) is 8.80. The number of nitrogens with one attached hydrogen (secondary N) is 2.